The van der Waals surface area contributed by atoms with Gasteiger partial charge in [-0.1, -0.05) is 18.2 Å². The van der Waals surface area contributed by atoms with Crippen LogP contribution in [0.4, 0.5) is 5.69 Å². The van der Waals surface area contributed by atoms with E-state index in [1.165, 1.54) is 12.1 Å². The van der Waals surface area contributed by atoms with E-state index < -0.39 is 35.1 Å². The predicted octanol–water partition coefficient (Wildman–Crippen LogP) is 2.53. The number of rotatable bonds is 7. The van der Waals surface area contributed by atoms with E-state index in [4.69, 9.17) is 4.74 Å². The molecule has 7 nitrogen and oxygen atoms in total. The van der Waals surface area contributed by atoms with Crippen LogP contribution in [0.15, 0.2) is 51.8 Å². The second-order valence-electron chi connectivity index (χ2n) is 5.76. The summed E-state index contributed by atoms with van der Waals surface area (Å²) in [6.45, 7) is 2.57. The van der Waals surface area contributed by atoms with E-state index in [-0.39, 0.29) is 4.90 Å². The van der Waals surface area contributed by atoms with Gasteiger partial charge in [-0.2, -0.15) is 4.72 Å². The number of para-hydroxylation sites is 1. The average molecular weight is 455 g/mol. The summed E-state index contributed by atoms with van der Waals surface area (Å²) in [5, 5.41) is 2.57. The van der Waals surface area contributed by atoms with Gasteiger partial charge in [-0.25, -0.2) is 8.42 Å². The number of carbonyl (C=O) groups excluding carboxylic acids is 2. The Morgan fingerprint density at radius 3 is 2.44 bits per heavy atom. The molecule has 0 aliphatic heterocycles. The van der Waals surface area contributed by atoms with Crippen molar-refractivity contribution in [1.29, 1.82) is 0 Å². The summed E-state index contributed by atoms with van der Waals surface area (Å²) in [6, 6.07) is 11.6. The van der Waals surface area contributed by atoms with Crippen molar-refractivity contribution in [3.8, 4) is 0 Å². The van der Waals surface area contributed by atoms with Crippen molar-refractivity contribution < 1.29 is 22.7 Å². The van der Waals surface area contributed by atoms with E-state index in [2.05, 4.69) is 26.0 Å². The van der Waals surface area contributed by atoms with Crippen LogP contribution in [-0.4, -0.2) is 33.4 Å². The summed E-state index contributed by atoms with van der Waals surface area (Å²) in [5.41, 5.74) is 2.32. The number of hydrogen-bond acceptors (Lipinski definition) is 5. The van der Waals surface area contributed by atoms with Gasteiger partial charge in [0, 0.05) is 4.47 Å². The van der Waals surface area contributed by atoms with Crippen LogP contribution >= 0.6 is 15.9 Å². The zero-order valence-electron chi connectivity index (χ0n) is 14.8. The number of carbonyl (C=O) groups is 2. The molecule has 2 N–H and O–H groups in total. The quantitative estimate of drug-likeness (QED) is 0.625. The minimum Gasteiger partial charge on any atom is -0.455 e. The Hall–Kier alpha value is -2.23. The fourth-order valence-electron chi connectivity index (χ4n) is 2.06. The number of aryl methyl sites for hydroxylation is 2. The molecule has 0 aliphatic rings. The molecular formula is C18H19BrN2O5S. The molecule has 0 fully saturated rings. The Balaban J connectivity index is 1.84. The van der Waals surface area contributed by atoms with E-state index >= 15 is 0 Å². The molecule has 0 saturated heterocycles. The third-order valence-electron chi connectivity index (χ3n) is 3.71. The molecule has 0 bridgehead atoms. The van der Waals surface area contributed by atoms with Gasteiger partial charge in [0.15, 0.2) is 6.61 Å². The molecule has 1 amide bonds. The maximum absolute atomic E-state index is 12.2. The molecule has 0 saturated carbocycles. The number of anilines is 1. The van der Waals surface area contributed by atoms with Gasteiger partial charge in [0.1, 0.15) is 6.54 Å². The zero-order chi connectivity index (χ0) is 20.0. The van der Waals surface area contributed by atoms with Crippen LogP contribution in [-0.2, 0) is 24.3 Å². The van der Waals surface area contributed by atoms with E-state index in [1.54, 1.807) is 37.3 Å². The van der Waals surface area contributed by atoms with Crippen molar-refractivity contribution in [2.24, 2.45) is 0 Å². The lowest BCUT2D eigenvalue weighted by atomic mass is 10.1. The molecule has 0 unspecified atom stereocenters. The van der Waals surface area contributed by atoms with Crippen molar-refractivity contribution in [3.63, 3.8) is 0 Å². The molecule has 0 aromatic heterocycles. The average Bonchev–Trinajstić information content (AvgIpc) is 2.62. The molecule has 0 heterocycles. The van der Waals surface area contributed by atoms with E-state index in [0.717, 1.165) is 11.1 Å². The van der Waals surface area contributed by atoms with Crippen LogP contribution < -0.4 is 10.0 Å². The van der Waals surface area contributed by atoms with Crippen LogP contribution in [0.5, 0.6) is 0 Å². The van der Waals surface area contributed by atoms with Crippen molar-refractivity contribution in [3.05, 3.63) is 58.1 Å². The molecule has 2 aromatic rings. The van der Waals surface area contributed by atoms with Crippen LogP contribution in [0, 0.1) is 13.8 Å². The predicted molar refractivity (Wildman–Crippen MR) is 105 cm³/mol. The Morgan fingerprint density at radius 2 is 1.78 bits per heavy atom. The van der Waals surface area contributed by atoms with E-state index in [1.807, 2.05) is 6.92 Å². The highest BCUT2D eigenvalue weighted by atomic mass is 79.9. The molecule has 2 aromatic carbocycles. The SMILES string of the molecule is Cc1ccc(S(=O)(=O)NCC(=O)OCC(=O)Nc2ccccc2Br)cc1C. The standard InChI is InChI=1S/C18H19BrN2O5S/c1-12-7-8-14(9-13(12)2)27(24,25)20-10-18(23)26-11-17(22)21-16-6-4-3-5-15(16)19/h3-9,20H,10-11H2,1-2H3,(H,21,22). The second kappa shape index (κ2) is 9.12. The number of halogens is 1. The molecular weight excluding hydrogens is 436 g/mol. The number of ether oxygens (including phenoxy) is 1. The van der Waals surface area contributed by atoms with Crippen molar-refractivity contribution in [2.45, 2.75) is 18.7 Å². The molecule has 0 radical (unpaired) electrons. The first kappa shape index (κ1) is 21.1. The lowest BCUT2D eigenvalue weighted by molar-refractivity contribution is -0.146. The lowest BCUT2D eigenvalue weighted by Crippen LogP contribution is -2.32. The first-order valence-electron chi connectivity index (χ1n) is 7.96. The van der Waals surface area contributed by atoms with Gasteiger partial charge in [-0.3, -0.25) is 9.59 Å². The summed E-state index contributed by atoms with van der Waals surface area (Å²) >= 11 is 3.28. The largest absolute Gasteiger partial charge is 0.455 e. The first-order valence-corrected chi connectivity index (χ1v) is 10.2. The summed E-state index contributed by atoms with van der Waals surface area (Å²) in [7, 11) is -3.84. The Kier molecular flexibility index (Phi) is 7.11. The Bertz CT molecular complexity index is 960. The van der Waals surface area contributed by atoms with Crippen LogP contribution in [0.1, 0.15) is 11.1 Å². The van der Waals surface area contributed by atoms with Crippen LogP contribution in [0.25, 0.3) is 0 Å². The third-order valence-corrected chi connectivity index (χ3v) is 5.80. The summed E-state index contributed by atoms with van der Waals surface area (Å²) < 4.78 is 32.1. The van der Waals surface area contributed by atoms with Gasteiger partial charge in [-0.05, 0) is 65.2 Å². The van der Waals surface area contributed by atoms with Crippen molar-refractivity contribution >= 4 is 43.5 Å². The van der Waals surface area contributed by atoms with Crippen LogP contribution in [0.3, 0.4) is 0 Å². The number of benzene rings is 2. The first-order chi connectivity index (χ1) is 12.7. The highest BCUT2D eigenvalue weighted by Gasteiger charge is 2.17. The fourth-order valence-corrected chi connectivity index (χ4v) is 3.50. The highest BCUT2D eigenvalue weighted by molar-refractivity contribution is 9.10. The normalized spacial score (nSPS) is 11.1. The Morgan fingerprint density at radius 1 is 1.07 bits per heavy atom. The minimum atomic E-state index is -3.84. The second-order valence-corrected chi connectivity index (χ2v) is 8.38. The van der Waals surface area contributed by atoms with Crippen LogP contribution in [0.2, 0.25) is 0 Å². The number of amides is 1. The highest BCUT2D eigenvalue weighted by Crippen LogP contribution is 2.20. The summed E-state index contributed by atoms with van der Waals surface area (Å²) in [4.78, 5) is 23.6. The fraction of sp³-hybridized carbons (Fsp3) is 0.222. The molecule has 0 aliphatic carbocycles. The lowest BCUT2D eigenvalue weighted by Gasteiger charge is -2.10. The number of sulfonamides is 1. The Labute approximate surface area is 166 Å². The topological polar surface area (TPSA) is 102 Å². The maximum Gasteiger partial charge on any atom is 0.321 e. The smallest absolute Gasteiger partial charge is 0.321 e. The molecule has 144 valence electrons. The maximum atomic E-state index is 12.2. The van der Waals surface area contributed by atoms with Gasteiger partial charge in [0.2, 0.25) is 10.0 Å². The summed E-state index contributed by atoms with van der Waals surface area (Å²) in [6.07, 6.45) is 0. The number of esters is 1. The molecule has 2 rings (SSSR count). The van der Waals surface area contributed by atoms with Crippen molar-refractivity contribution in [2.75, 3.05) is 18.5 Å². The zero-order valence-corrected chi connectivity index (χ0v) is 17.2. The monoisotopic (exact) mass is 454 g/mol. The van der Waals surface area contributed by atoms with Gasteiger partial charge in [0.05, 0.1) is 10.6 Å². The van der Waals surface area contributed by atoms with Crippen molar-refractivity contribution in [1.82, 2.24) is 4.72 Å². The van der Waals surface area contributed by atoms with E-state index in [0.29, 0.717) is 10.2 Å². The summed E-state index contributed by atoms with van der Waals surface area (Å²) in [5.74, 6) is -1.39. The minimum absolute atomic E-state index is 0.0603. The molecule has 0 spiro atoms. The van der Waals surface area contributed by atoms with Gasteiger partial charge < -0.3 is 10.1 Å². The molecule has 9 heteroatoms. The van der Waals surface area contributed by atoms with Gasteiger partial charge in [0.25, 0.3) is 5.91 Å². The van der Waals surface area contributed by atoms with E-state index in [9.17, 15) is 18.0 Å². The van der Waals surface area contributed by atoms with Gasteiger partial charge >= 0.3 is 5.97 Å². The van der Waals surface area contributed by atoms with Gasteiger partial charge in [-0.15, -0.1) is 0 Å². The molecule has 27 heavy (non-hydrogen) atoms. The number of nitrogens with one attached hydrogen (secondary N) is 2. The molecule has 0 atom stereocenters. The third kappa shape index (κ3) is 6.16. The number of hydrogen-bond donors (Lipinski definition) is 2.